The number of aromatic nitrogens is 2. The highest BCUT2D eigenvalue weighted by molar-refractivity contribution is 6.68. The molecule has 0 atom stereocenters. The number of fused-ring (bicyclic) bond motifs is 3. The largest absolute Gasteiger partial charge is 0.292 e. The standard InChI is InChI=1S/C39H21B5N2/c40-34-33(35(41)37(43)38(44)36(34)42)39-45-29-19-8-9-20-30(29)46(39)24-14-10-13-23(21-24)32-27-17-6-4-15-25(27)31(22-11-2-1-3-12-22)26-16-5-7-18-28(26)32/h1-21H. The highest BCUT2D eigenvalue weighted by Crippen LogP contribution is 2.44. The molecule has 0 amide bonds. The fourth-order valence-electron chi connectivity index (χ4n) is 6.70. The first kappa shape index (κ1) is 28.3. The number of nitrogens with zero attached hydrogens (tertiary/aromatic N) is 2. The second-order valence-corrected chi connectivity index (χ2v) is 11.5. The highest BCUT2D eigenvalue weighted by atomic mass is 15.1. The molecule has 0 spiro atoms. The number of imidazole rings is 1. The summed E-state index contributed by atoms with van der Waals surface area (Å²) in [6, 6.07) is 44.2. The maximum absolute atomic E-state index is 6.57. The molecule has 0 fully saturated rings. The van der Waals surface area contributed by atoms with E-state index in [-0.39, 0.29) is 27.3 Å². The predicted octanol–water partition coefficient (Wildman–Crippen LogP) is 4.30. The van der Waals surface area contributed by atoms with E-state index in [0.29, 0.717) is 11.4 Å². The van der Waals surface area contributed by atoms with Gasteiger partial charge in [0.2, 0.25) is 0 Å². The van der Waals surface area contributed by atoms with Crippen LogP contribution in [0.1, 0.15) is 0 Å². The molecule has 0 bridgehead atoms. The Balaban J connectivity index is 1.43. The SMILES string of the molecule is [B]c1c([B])c([B])c(-c2nc3ccccc3n2-c2cccc(-c3c4ccccc4c(-c4ccccc4)c4ccccc34)c2)c([B])c1[B]. The minimum atomic E-state index is 0.168. The minimum absolute atomic E-state index is 0.168. The first-order valence-corrected chi connectivity index (χ1v) is 15.0. The van der Waals surface area contributed by atoms with Crippen LogP contribution in [0, 0.1) is 0 Å². The molecule has 2 nitrogen and oxygen atoms in total. The van der Waals surface area contributed by atoms with E-state index in [1.54, 1.807) is 0 Å². The van der Waals surface area contributed by atoms with Crippen molar-refractivity contribution in [2.75, 3.05) is 0 Å². The van der Waals surface area contributed by atoms with E-state index in [0.717, 1.165) is 27.8 Å². The fraction of sp³-hybridized carbons (Fsp3) is 0. The molecule has 202 valence electrons. The molecule has 46 heavy (non-hydrogen) atoms. The first-order valence-electron chi connectivity index (χ1n) is 15.0. The number of hydrogen-bond acceptors (Lipinski definition) is 1. The second-order valence-electron chi connectivity index (χ2n) is 11.5. The van der Waals surface area contributed by atoms with Crippen LogP contribution in [-0.4, -0.2) is 48.8 Å². The van der Waals surface area contributed by atoms with Gasteiger partial charge in [-0.05, 0) is 68.1 Å². The van der Waals surface area contributed by atoms with Crippen molar-refractivity contribution in [3.05, 3.63) is 127 Å². The summed E-state index contributed by atoms with van der Waals surface area (Å²) in [5.41, 5.74) is 8.64. The van der Waals surface area contributed by atoms with Gasteiger partial charge in [0.05, 0.1) is 11.0 Å². The van der Waals surface area contributed by atoms with Gasteiger partial charge in [-0.15, -0.1) is 16.4 Å². The molecule has 0 unspecified atom stereocenters. The van der Waals surface area contributed by atoms with E-state index in [1.165, 1.54) is 32.7 Å². The van der Waals surface area contributed by atoms with Crippen LogP contribution in [0.5, 0.6) is 0 Å². The Morgan fingerprint density at radius 3 is 1.50 bits per heavy atom. The van der Waals surface area contributed by atoms with Gasteiger partial charge in [-0.3, -0.25) is 4.57 Å². The lowest BCUT2D eigenvalue weighted by Gasteiger charge is -2.22. The lowest BCUT2D eigenvalue weighted by atomic mass is 9.60. The van der Waals surface area contributed by atoms with Crippen molar-refractivity contribution in [3.63, 3.8) is 0 Å². The Labute approximate surface area is 274 Å². The van der Waals surface area contributed by atoms with Gasteiger partial charge in [-0.25, -0.2) is 4.98 Å². The van der Waals surface area contributed by atoms with Gasteiger partial charge in [-0.2, -0.15) is 0 Å². The third kappa shape index (κ3) is 4.30. The quantitative estimate of drug-likeness (QED) is 0.228. The molecule has 8 aromatic rings. The maximum Gasteiger partial charge on any atom is 0.144 e. The average Bonchev–Trinajstić information content (AvgIpc) is 3.48. The van der Waals surface area contributed by atoms with Crippen LogP contribution in [0.25, 0.3) is 71.9 Å². The second kappa shape index (κ2) is 11.0. The molecule has 0 aliphatic carbocycles. The van der Waals surface area contributed by atoms with Crippen LogP contribution in [0.2, 0.25) is 0 Å². The molecule has 0 saturated carbocycles. The van der Waals surface area contributed by atoms with Crippen LogP contribution >= 0.6 is 0 Å². The third-order valence-electron chi connectivity index (χ3n) is 8.87. The Morgan fingerprint density at radius 1 is 0.413 bits per heavy atom. The van der Waals surface area contributed by atoms with Crippen molar-refractivity contribution < 1.29 is 0 Å². The molecule has 8 rings (SSSR count). The van der Waals surface area contributed by atoms with Gasteiger partial charge in [0.25, 0.3) is 0 Å². The van der Waals surface area contributed by atoms with E-state index in [1.807, 2.05) is 24.3 Å². The smallest absolute Gasteiger partial charge is 0.144 e. The molecule has 0 saturated heterocycles. The summed E-state index contributed by atoms with van der Waals surface area (Å²) in [6.45, 7) is 0. The van der Waals surface area contributed by atoms with Crippen LogP contribution in [-0.2, 0) is 0 Å². The average molecular weight is 572 g/mol. The zero-order valence-corrected chi connectivity index (χ0v) is 24.9. The van der Waals surface area contributed by atoms with Crippen molar-refractivity contribution in [3.8, 4) is 39.3 Å². The van der Waals surface area contributed by atoms with E-state index in [9.17, 15) is 0 Å². The minimum Gasteiger partial charge on any atom is -0.292 e. The van der Waals surface area contributed by atoms with Crippen LogP contribution < -0.4 is 27.3 Å². The molecule has 0 aliphatic rings. The van der Waals surface area contributed by atoms with Gasteiger partial charge in [0, 0.05) is 11.3 Å². The zero-order valence-electron chi connectivity index (χ0n) is 24.9. The number of benzene rings is 7. The van der Waals surface area contributed by atoms with Gasteiger partial charge >= 0.3 is 0 Å². The van der Waals surface area contributed by atoms with Crippen molar-refractivity contribution in [2.24, 2.45) is 0 Å². The van der Waals surface area contributed by atoms with Crippen molar-refractivity contribution in [1.82, 2.24) is 9.55 Å². The van der Waals surface area contributed by atoms with Gasteiger partial charge in [0.15, 0.2) is 0 Å². The fourth-order valence-corrected chi connectivity index (χ4v) is 6.70. The summed E-state index contributed by atoms with van der Waals surface area (Å²) < 4.78 is 2.05. The van der Waals surface area contributed by atoms with Crippen LogP contribution in [0.4, 0.5) is 0 Å². The topological polar surface area (TPSA) is 17.8 Å². The molecule has 0 N–H and O–H groups in total. The Bertz CT molecular complexity index is 2400. The van der Waals surface area contributed by atoms with Crippen molar-refractivity contribution in [1.29, 1.82) is 0 Å². The molecule has 1 aromatic heterocycles. The first-order chi connectivity index (χ1) is 22.4. The molecule has 7 aromatic carbocycles. The molecule has 7 heteroatoms. The zero-order chi connectivity index (χ0) is 31.5. The Kier molecular flexibility index (Phi) is 6.80. The molecule has 10 radical (unpaired) electrons. The summed E-state index contributed by atoms with van der Waals surface area (Å²) in [6.07, 6.45) is 0. The lowest BCUT2D eigenvalue weighted by Crippen LogP contribution is -2.55. The molecule has 1 heterocycles. The predicted molar refractivity (Wildman–Crippen MR) is 199 cm³/mol. The normalized spacial score (nSPS) is 11.5. The summed E-state index contributed by atoms with van der Waals surface area (Å²) in [4.78, 5) is 4.99. The monoisotopic (exact) mass is 572 g/mol. The summed E-state index contributed by atoms with van der Waals surface area (Å²) in [5.74, 6) is 0.529. The summed E-state index contributed by atoms with van der Waals surface area (Å²) in [7, 11) is 31.9. The van der Waals surface area contributed by atoms with E-state index >= 15 is 0 Å². The van der Waals surface area contributed by atoms with E-state index < -0.39 is 0 Å². The maximum atomic E-state index is 6.57. The van der Waals surface area contributed by atoms with Gasteiger partial charge < -0.3 is 0 Å². The summed E-state index contributed by atoms with van der Waals surface area (Å²) >= 11 is 0. The lowest BCUT2D eigenvalue weighted by molar-refractivity contribution is 1.11. The number of hydrogen-bond donors (Lipinski definition) is 0. The third-order valence-corrected chi connectivity index (χ3v) is 8.87. The van der Waals surface area contributed by atoms with Crippen LogP contribution in [0.15, 0.2) is 127 Å². The van der Waals surface area contributed by atoms with Crippen molar-refractivity contribution in [2.45, 2.75) is 0 Å². The molecule has 0 aliphatic heterocycles. The summed E-state index contributed by atoms with van der Waals surface area (Å²) in [5, 5.41) is 4.71. The van der Waals surface area contributed by atoms with Gasteiger partial charge in [0.1, 0.15) is 45.1 Å². The molecular weight excluding hydrogens is 551 g/mol. The van der Waals surface area contributed by atoms with E-state index in [4.69, 9.17) is 44.2 Å². The van der Waals surface area contributed by atoms with Crippen molar-refractivity contribution >= 4 is 99.1 Å². The Morgan fingerprint density at radius 2 is 0.891 bits per heavy atom. The molecular formula is C39H21B5N2. The Hall–Kier alpha value is -5.15. The number of rotatable bonds is 4. The number of para-hydroxylation sites is 2. The highest BCUT2D eigenvalue weighted by Gasteiger charge is 2.21. The van der Waals surface area contributed by atoms with E-state index in [2.05, 4.69) is 108 Å². The van der Waals surface area contributed by atoms with Gasteiger partial charge in [-0.1, -0.05) is 114 Å². The van der Waals surface area contributed by atoms with Crippen LogP contribution in [0.3, 0.4) is 0 Å².